The van der Waals surface area contributed by atoms with E-state index >= 15 is 0 Å². The zero-order chi connectivity index (χ0) is 12.0. The summed E-state index contributed by atoms with van der Waals surface area (Å²) in [5, 5.41) is 8.92. The zero-order valence-electron chi connectivity index (χ0n) is 9.99. The fourth-order valence-corrected chi connectivity index (χ4v) is 1.50. The molecular formula is C11H21NO3. The predicted molar refractivity (Wildman–Crippen MR) is 58.6 cm³/mol. The van der Waals surface area contributed by atoms with Crippen molar-refractivity contribution in [1.29, 1.82) is 0 Å². The van der Waals surface area contributed by atoms with Gasteiger partial charge in [0.05, 0.1) is 0 Å². The van der Waals surface area contributed by atoms with Gasteiger partial charge in [-0.3, -0.25) is 4.79 Å². The first-order valence-electron chi connectivity index (χ1n) is 5.49. The Morgan fingerprint density at radius 3 is 2.13 bits per heavy atom. The van der Waals surface area contributed by atoms with Crippen LogP contribution in [-0.4, -0.2) is 34.0 Å². The first-order chi connectivity index (χ1) is 6.95. The number of rotatable bonds is 6. The quantitative estimate of drug-likeness (QED) is 0.736. The van der Waals surface area contributed by atoms with Crippen molar-refractivity contribution in [1.82, 2.24) is 4.90 Å². The van der Waals surface area contributed by atoms with Crippen LogP contribution in [0.2, 0.25) is 0 Å². The minimum atomic E-state index is -0.945. The van der Waals surface area contributed by atoms with E-state index in [-0.39, 0.29) is 11.9 Å². The molecule has 0 spiro atoms. The highest BCUT2D eigenvalue weighted by atomic mass is 16.4. The van der Waals surface area contributed by atoms with Gasteiger partial charge >= 0.3 is 5.97 Å². The van der Waals surface area contributed by atoms with Crippen LogP contribution in [0, 0.1) is 0 Å². The minimum absolute atomic E-state index is 0.0184. The SMILES string of the molecule is CCCC(=O)N([C@@H](C)CC)[C@@H](C)C(=O)O. The molecule has 0 aliphatic rings. The van der Waals surface area contributed by atoms with Gasteiger partial charge < -0.3 is 10.0 Å². The normalized spacial score (nSPS) is 14.4. The summed E-state index contributed by atoms with van der Waals surface area (Å²) in [5.74, 6) is -1.01. The summed E-state index contributed by atoms with van der Waals surface area (Å²) in [4.78, 5) is 24.1. The maximum absolute atomic E-state index is 11.8. The van der Waals surface area contributed by atoms with E-state index in [0.29, 0.717) is 6.42 Å². The van der Waals surface area contributed by atoms with E-state index in [1.54, 1.807) is 6.92 Å². The van der Waals surface area contributed by atoms with Crippen molar-refractivity contribution in [2.45, 2.75) is 59.0 Å². The van der Waals surface area contributed by atoms with Crippen molar-refractivity contribution in [2.75, 3.05) is 0 Å². The predicted octanol–water partition coefficient (Wildman–Crippen LogP) is 1.89. The lowest BCUT2D eigenvalue weighted by Gasteiger charge is -2.32. The van der Waals surface area contributed by atoms with Gasteiger partial charge in [0, 0.05) is 12.5 Å². The average Bonchev–Trinajstić information content (AvgIpc) is 2.17. The molecule has 0 unspecified atom stereocenters. The number of hydrogen-bond acceptors (Lipinski definition) is 2. The van der Waals surface area contributed by atoms with Gasteiger partial charge in [-0.2, -0.15) is 0 Å². The smallest absolute Gasteiger partial charge is 0.326 e. The number of nitrogens with zero attached hydrogens (tertiary/aromatic N) is 1. The molecule has 0 aromatic heterocycles. The van der Waals surface area contributed by atoms with Gasteiger partial charge in [0.15, 0.2) is 0 Å². The lowest BCUT2D eigenvalue weighted by molar-refractivity contribution is -0.151. The molecule has 0 aromatic carbocycles. The minimum Gasteiger partial charge on any atom is -0.480 e. The largest absolute Gasteiger partial charge is 0.480 e. The van der Waals surface area contributed by atoms with E-state index in [1.807, 2.05) is 20.8 Å². The zero-order valence-corrected chi connectivity index (χ0v) is 9.99. The fourth-order valence-electron chi connectivity index (χ4n) is 1.50. The highest BCUT2D eigenvalue weighted by Crippen LogP contribution is 2.12. The van der Waals surface area contributed by atoms with Crippen LogP contribution in [0.5, 0.6) is 0 Å². The van der Waals surface area contributed by atoms with Crippen LogP contribution in [0.15, 0.2) is 0 Å². The molecular weight excluding hydrogens is 194 g/mol. The molecule has 0 rings (SSSR count). The van der Waals surface area contributed by atoms with Crippen LogP contribution >= 0.6 is 0 Å². The molecule has 1 N–H and O–H groups in total. The second kappa shape index (κ2) is 6.43. The van der Waals surface area contributed by atoms with Crippen molar-refractivity contribution in [3.05, 3.63) is 0 Å². The van der Waals surface area contributed by atoms with Gasteiger partial charge in [-0.25, -0.2) is 4.79 Å². The molecule has 2 atom stereocenters. The molecule has 0 aliphatic carbocycles. The Hall–Kier alpha value is -1.06. The molecule has 88 valence electrons. The summed E-state index contributed by atoms with van der Waals surface area (Å²) < 4.78 is 0. The first-order valence-corrected chi connectivity index (χ1v) is 5.49. The summed E-state index contributed by atoms with van der Waals surface area (Å²) in [7, 11) is 0. The van der Waals surface area contributed by atoms with Gasteiger partial charge in [-0.1, -0.05) is 13.8 Å². The number of carbonyl (C=O) groups is 2. The molecule has 0 radical (unpaired) electrons. The van der Waals surface area contributed by atoms with Crippen molar-refractivity contribution in [3.63, 3.8) is 0 Å². The lowest BCUT2D eigenvalue weighted by atomic mass is 10.1. The number of aliphatic carboxylic acids is 1. The molecule has 1 amide bonds. The molecule has 4 heteroatoms. The lowest BCUT2D eigenvalue weighted by Crippen LogP contribution is -2.48. The Morgan fingerprint density at radius 2 is 1.80 bits per heavy atom. The van der Waals surface area contributed by atoms with Crippen molar-refractivity contribution in [3.8, 4) is 0 Å². The topological polar surface area (TPSA) is 57.6 Å². The second-order valence-electron chi connectivity index (χ2n) is 3.82. The third-order valence-electron chi connectivity index (χ3n) is 2.59. The highest BCUT2D eigenvalue weighted by Gasteiger charge is 2.28. The third kappa shape index (κ3) is 3.90. The Kier molecular flexibility index (Phi) is 5.97. The van der Waals surface area contributed by atoms with Gasteiger partial charge in [-0.05, 0) is 26.7 Å². The molecule has 0 aliphatic heterocycles. The molecule has 0 heterocycles. The Morgan fingerprint density at radius 1 is 1.27 bits per heavy atom. The molecule has 0 aromatic rings. The van der Waals surface area contributed by atoms with Crippen LogP contribution in [0.4, 0.5) is 0 Å². The van der Waals surface area contributed by atoms with Crippen molar-refractivity contribution < 1.29 is 14.7 Å². The van der Waals surface area contributed by atoms with Crippen LogP contribution in [0.1, 0.15) is 47.0 Å². The van der Waals surface area contributed by atoms with Crippen LogP contribution in [-0.2, 0) is 9.59 Å². The van der Waals surface area contributed by atoms with Gasteiger partial charge in [-0.15, -0.1) is 0 Å². The highest BCUT2D eigenvalue weighted by molar-refractivity contribution is 5.83. The number of carbonyl (C=O) groups excluding carboxylic acids is 1. The van der Waals surface area contributed by atoms with Gasteiger partial charge in [0.2, 0.25) is 5.91 Å². The van der Waals surface area contributed by atoms with E-state index in [0.717, 1.165) is 12.8 Å². The standard InChI is InChI=1S/C11H21NO3/c1-5-7-10(13)12(8(3)6-2)9(4)11(14)15/h8-9H,5-7H2,1-4H3,(H,14,15)/t8-,9-/m0/s1. The summed E-state index contributed by atoms with van der Waals surface area (Å²) in [6, 6.07) is -0.755. The summed E-state index contributed by atoms with van der Waals surface area (Å²) >= 11 is 0. The molecule has 0 saturated heterocycles. The molecule has 15 heavy (non-hydrogen) atoms. The monoisotopic (exact) mass is 215 g/mol. The van der Waals surface area contributed by atoms with Crippen molar-refractivity contribution >= 4 is 11.9 Å². The van der Waals surface area contributed by atoms with Gasteiger partial charge in [0.25, 0.3) is 0 Å². The molecule has 4 nitrogen and oxygen atoms in total. The molecule has 0 saturated carbocycles. The first kappa shape index (κ1) is 13.9. The van der Waals surface area contributed by atoms with E-state index in [2.05, 4.69) is 0 Å². The molecule has 0 bridgehead atoms. The van der Waals surface area contributed by atoms with E-state index in [9.17, 15) is 9.59 Å². The van der Waals surface area contributed by atoms with E-state index < -0.39 is 12.0 Å². The third-order valence-corrected chi connectivity index (χ3v) is 2.59. The maximum atomic E-state index is 11.8. The number of hydrogen-bond donors (Lipinski definition) is 1. The van der Waals surface area contributed by atoms with Crippen molar-refractivity contribution in [2.24, 2.45) is 0 Å². The van der Waals surface area contributed by atoms with Crippen LogP contribution in [0.3, 0.4) is 0 Å². The Labute approximate surface area is 91.3 Å². The Balaban J connectivity index is 4.71. The van der Waals surface area contributed by atoms with Crippen LogP contribution in [0.25, 0.3) is 0 Å². The number of carboxylic acids is 1. The summed E-state index contributed by atoms with van der Waals surface area (Å²) in [5.41, 5.74) is 0. The van der Waals surface area contributed by atoms with E-state index in [1.165, 1.54) is 4.90 Å². The van der Waals surface area contributed by atoms with E-state index in [4.69, 9.17) is 5.11 Å². The van der Waals surface area contributed by atoms with Crippen LogP contribution < -0.4 is 0 Å². The number of amides is 1. The number of carboxylic acid groups (broad SMARTS) is 1. The molecule has 0 fully saturated rings. The Bertz CT molecular complexity index is 228. The van der Waals surface area contributed by atoms with Gasteiger partial charge in [0.1, 0.15) is 6.04 Å². The maximum Gasteiger partial charge on any atom is 0.326 e. The average molecular weight is 215 g/mol. The fraction of sp³-hybridized carbons (Fsp3) is 0.818. The second-order valence-corrected chi connectivity index (χ2v) is 3.82. The summed E-state index contributed by atoms with van der Waals surface area (Å²) in [6.07, 6.45) is 1.94. The summed E-state index contributed by atoms with van der Waals surface area (Å²) in [6.45, 7) is 7.30.